The van der Waals surface area contributed by atoms with E-state index in [1.165, 1.54) is 123 Å². The molecular weight excluding hydrogens is 990 g/mol. The number of nitrogens with zero attached hydrogens (tertiary/aromatic N) is 3. The Morgan fingerprint density at radius 1 is 0.378 bits per heavy atom. The van der Waals surface area contributed by atoms with Crippen LogP contribution in [0.1, 0.15) is 115 Å². The van der Waals surface area contributed by atoms with Crippen molar-refractivity contribution in [2.75, 3.05) is 14.7 Å². The van der Waals surface area contributed by atoms with Crippen molar-refractivity contribution in [1.82, 2.24) is 0 Å². The van der Waals surface area contributed by atoms with E-state index in [4.69, 9.17) is 0 Å². The fourth-order valence-electron chi connectivity index (χ4n) is 15.7. The number of anilines is 8. The third-order valence-corrected chi connectivity index (χ3v) is 20.5. The van der Waals surface area contributed by atoms with Gasteiger partial charge in [0.25, 0.3) is 6.71 Å². The maximum absolute atomic E-state index is 2.78. The molecule has 0 saturated carbocycles. The Morgan fingerprint density at radius 3 is 1.59 bits per heavy atom. The van der Waals surface area contributed by atoms with E-state index in [0.717, 1.165) is 31.4 Å². The summed E-state index contributed by atoms with van der Waals surface area (Å²) in [6, 6.07) is 86.5. The van der Waals surface area contributed by atoms with Crippen molar-refractivity contribution in [3.8, 4) is 33.4 Å². The summed E-state index contributed by atoms with van der Waals surface area (Å²) < 4.78 is 0. The minimum atomic E-state index is -0.416. The van der Waals surface area contributed by atoms with E-state index in [-0.39, 0.29) is 28.4 Å². The van der Waals surface area contributed by atoms with Crippen LogP contribution in [-0.2, 0) is 33.6 Å². The summed E-state index contributed by atoms with van der Waals surface area (Å²) in [6.45, 7) is 22.0. The van der Waals surface area contributed by atoms with Crippen molar-refractivity contribution in [3.63, 3.8) is 0 Å². The Hall–Kier alpha value is -8.34. The predicted molar refractivity (Wildman–Crippen MR) is 349 cm³/mol. The zero-order valence-corrected chi connectivity index (χ0v) is 49.1. The molecule has 15 rings (SSSR count). The molecule has 4 heteroatoms. The topological polar surface area (TPSA) is 9.72 Å². The van der Waals surface area contributed by atoms with Crippen LogP contribution < -0.4 is 31.1 Å². The molecule has 10 aromatic rings. The van der Waals surface area contributed by atoms with Gasteiger partial charge in [0.15, 0.2) is 0 Å². The molecular formula is C78H72BN3. The average Bonchev–Trinajstić information content (AvgIpc) is 3.39. The Balaban J connectivity index is 1.10. The molecule has 0 N–H and O–H groups in total. The van der Waals surface area contributed by atoms with Gasteiger partial charge in [-0.15, -0.1) is 0 Å². The molecule has 5 aliphatic rings. The van der Waals surface area contributed by atoms with E-state index in [9.17, 15) is 0 Å². The maximum atomic E-state index is 2.78. The second-order valence-corrected chi connectivity index (χ2v) is 27.0. The first-order valence-electron chi connectivity index (χ1n) is 30.0. The lowest BCUT2D eigenvalue weighted by Gasteiger charge is -2.52. The molecule has 10 aromatic carbocycles. The Labute approximate surface area is 487 Å². The van der Waals surface area contributed by atoms with Crippen molar-refractivity contribution >= 4 is 68.6 Å². The van der Waals surface area contributed by atoms with Crippen LogP contribution in [0.3, 0.4) is 0 Å². The number of rotatable bonds is 6. The van der Waals surface area contributed by atoms with E-state index in [0.29, 0.717) is 0 Å². The lowest BCUT2D eigenvalue weighted by molar-refractivity contribution is 0.245. The molecule has 0 spiro atoms. The fraction of sp³-hybridized carbons (Fsp3) is 0.231. The van der Waals surface area contributed by atoms with E-state index in [1.807, 2.05) is 0 Å². The van der Waals surface area contributed by atoms with Gasteiger partial charge < -0.3 is 14.7 Å². The lowest BCUT2D eigenvalue weighted by atomic mass is 9.33. The number of hydrogen-bond acceptors (Lipinski definition) is 3. The molecule has 0 aromatic heterocycles. The van der Waals surface area contributed by atoms with Crippen molar-refractivity contribution in [2.45, 2.75) is 115 Å². The monoisotopic (exact) mass is 1060 g/mol. The number of benzene rings is 10. The Morgan fingerprint density at radius 2 is 0.915 bits per heavy atom. The third-order valence-electron chi connectivity index (χ3n) is 20.5. The zero-order valence-electron chi connectivity index (χ0n) is 49.1. The van der Waals surface area contributed by atoms with Crippen LogP contribution in [0.5, 0.6) is 0 Å². The molecule has 0 bridgehead atoms. The van der Waals surface area contributed by atoms with Gasteiger partial charge in [0.1, 0.15) is 0 Å². The molecule has 2 atom stereocenters. The van der Waals surface area contributed by atoms with Crippen LogP contribution in [0.15, 0.2) is 224 Å². The van der Waals surface area contributed by atoms with Gasteiger partial charge in [0.05, 0.1) is 11.2 Å². The van der Waals surface area contributed by atoms with Gasteiger partial charge in [-0.2, -0.15) is 0 Å². The summed E-state index contributed by atoms with van der Waals surface area (Å²) in [7, 11) is 0. The van der Waals surface area contributed by atoms with E-state index in [2.05, 4.69) is 301 Å². The largest absolute Gasteiger partial charge is 0.330 e. The van der Waals surface area contributed by atoms with Crippen molar-refractivity contribution in [2.24, 2.45) is 0 Å². The van der Waals surface area contributed by atoms with Crippen LogP contribution in [0.25, 0.3) is 33.4 Å². The summed E-state index contributed by atoms with van der Waals surface area (Å²) in [6.07, 6.45) is 4.37. The van der Waals surface area contributed by atoms with Crippen LogP contribution in [0.4, 0.5) is 45.5 Å². The van der Waals surface area contributed by atoms with Crippen LogP contribution >= 0.6 is 0 Å². The highest BCUT2D eigenvalue weighted by Gasteiger charge is 2.60. The highest BCUT2D eigenvalue weighted by atomic mass is 15.3. The highest BCUT2D eigenvalue weighted by molar-refractivity contribution is 7.00. The zero-order chi connectivity index (χ0) is 56.1. The van der Waals surface area contributed by atoms with Crippen molar-refractivity contribution < 1.29 is 0 Å². The van der Waals surface area contributed by atoms with Crippen molar-refractivity contribution in [1.29, 1.82) is 0 Å². The SMILES string of the molecule is CC(C)(C)c1ccc(N2c3cc4c(cc3B3c5cc(-c6ccccc6)ccc5N(c5ccc(-c6ccccc6)cc5)c5cc(N6c7ccccc7C7(C)CCc8ccccc8C67C)cc2c53)C(C)(C)CCC4(C)C)c(-c2ccccc2)c1. The molecule has 3 nitrogen and oxygen atoms in total. The second kappa shape index (κ2) is 18.1. The third kappa shape index (κ3) is 7.42. The molecule has 402 valence electrons. The molecule has 0 radical (unpaired) electrons. The molecule has 0 fully saturated rings. The minimum absolute atomic E-state index is 0.0152. The van der Waals surface area contributed by atoms with E-state index < -0.39 is 5.54 Å². The normalized spacial score (nSPS) is 19.5. The first-order valence-corrected chi connectivity index (χ1v) is 30.0. The molecule has 2 aliphatic carbocycles. The fourth-order valence-corrected chi connectivity index (χ4v) is 15.7. The second-order valence-electron chi connectivity index (χ2n) is 27.0. The van der Waals surface area contributed by atoms with Crippen molar-refractivity contribution in [3.05, 3.63) is 258 Å². The average molecular weight is 1060 g/mol. The summed E-state index contributed by atoms with van der Waals surface area (Å²) in [5.41, 5.74) is 28.9. The Bertz CT molecular complexity index is 4190. The quantitative estimate of drug-likeness (QED) is 0.154. The number of hydrogen-bond donors (Lipinski definition) is 0. The van der Waals surface area contributed by atoms with Gasteiger partial charge in [-0.25, -0.2) is 0 Å². The standard InChI is InChI=1S/C78H72BN3/c1-74(2,3)57-36-40-67(60(46-57)54-27-17-12-18-28-54)81-70-50-64-63(75(4,5)43-44-76(64,6)7)49-66(70)79-65-45-56(52-25-15-11-16-26-52)35-39-69(65)80(58-37-33-53(34-38-58)51-23-13-10-14-24-51)71-47-59(48-72(81)73(71)79)82-68-32-22-21-31-62(68)77(8)42-41-55-29-19-20-30-61(55)78(77,82)9/h10-40,45-50H,41-44H2,1-9H3. The lowest BCUT2D eigenvalue weighted by Crippen LogP contribution is -2.62. The first kappa shape index (κ1) is 50.6. The predicted octanol–water partition coefficient (Wildman–Crippen LogP) is 18.7. The van der Waals surface area contributed by atoms with Crippen LogP contribution in [0, 0.1) is 0 Å². The van der Waals surface area contributed by atoms with Gasteiger partial charge >= 0.3 is 0 Å². The number of para-hydroxylation sites is 1. The van der Waals surface area contributed by atoms with Crippen LogP contribution in [0.2, 0.25) is 0 Å². The van der Waals surface area contributed by atoms with Gasteiger partial charge in [-0.05, 0) is 181 Å². The smallest absolute Gasteiger partial charge is 0.252 e. The number of aryl methyl sites for hydroxylation is 1. The maximum Gasteiger partial charge on any atom is 0.252 e. The van der Waals surface area contributed by atoms with Gasteiger partial charge in [-0.1, -0.05) is 225 Å². The van der Waals surface area contributed by atoms with Gasteiger partial charge in [0, 0.05) is 50.8 Å². The minimum Gasteiger partial charge on any atom is -0.330 e. The summed E-state index contributed by atoms with van der Waals surface area (Å²) in [5, 5.41) is 0. The molecule has 0 amide bonds. The first-order chi connectivity index (χ1) is 39.5. The van der Waals surface area contributed by atoms with E-state index in [1.54, 1.807) is 0 Å². The summed E-state index contributed by atoms with van der Waals surface area (Å²) in [5.74, 6) is 0. The summed E-state index contributed by atoms with van der Waals surface area (Å²) in [4.78, 5) is 8.15. The molecule has 0 saturated heterocycles. The summed E-state index contributed by atoms with van der Waals surface area (Å²) >= 11 is 0. The molecule has 2 unspecified atom stereocenters. The molecule has 3 heterocycles. The van der Waals surface area contributed by atoms with Gasteiger partial charge in [0.2, 0.25) is 0 Å². The molecule has 3 aliphatic heterocycles. The van der Waals surface area contributed by atoms with Gasteiger partial charge in [-0.3, -0.25) is 0 Å². The van der Waals surface area contributed by atoms with Crippen LogP contribution in [-0.4, -0.2) is 6.71 Å². The number of fused-ring (bicyclic) bond motifs is 10. The Kier molecular flexibility index (Phi) is 11.2. The highest BCUT2D eigenvalue weighted by Crippen LogP contribution is 2.65. The van der Waals surface area contributed by atoms with E-state index >= 15 is 0 Å². The molecule has 82 heavy (non-hydrogen) atoms.